The van der Waals surface area contributed by atoms with Crippen LogP contribution >= 0.6 is 11.3 Å². The number of carboxylic acids is 1. The lowest BCUT2D eigenvalue weighted by molar-refractivity contribution is 0.0689. The van der Waals surface area contributed by atoms with E-state index in [1.165, 1.54) is 28.1 Å². The van der Waals surface area contributed by atoms with Crippen molar-refractivity contribution in [2.24, 2.45) is 0 Å². The molecule has 2 aromatic rings. The molecule has 0 spiro atoms. The monoisotopic (exact) mass is 304 g/mol. The number of aryl methyl sites for hydroxylation is 1. The van der Waals surface area contributed by atoms with E-state index in [0.29, 0.717) is 6.42 Å². The first kappa shape index (κ1) is 15.2. The molecule has 2 rings (SSSR count). The Kier molecular flexibility index (Phi) is 4.70. The molecule has 0 saturated carbocycles. The summed E-state index contributed by atoms with van der Waals surface area (Å²) in [6.45, 7) is 3.92. The maximum Gasteiger partial charge on any atom is 0.338 e. The molecule has 1 unspecified atom stereocenters. The fourth-order valence-electron chi connectivity index (χ4n) is 2.00. The van der Waals surface area contributed by atoms with Gasteiger partial charge in [-0.25, -0.2) is 4.79 Å². The molecule has 0 aromatic carbocycles. The topological polar surface area (TPSA) is 79.3 Å². The van der Waals surface area contributed by atoms with Crippen LogP contribution < -0.4 is 5.32 Å². The van der Waals surface area contributed by atoms with Crippen molar-refractivity contribution in [3.8, 4) is 0 Å². The highest BCUT2D eigenvalue weighted by Gasteiger charge is 2.19. The first-order chi connectivity index (χ1) is 9.97. The predicted octanol–water partition coefficient (Wildman–Crippen LogP) is 2.51. The van der Waals surface area contributed by atoms with Crippen molar-refractivity contribution >= 4 is 23.2 Å². The van der Waals surface area contributed by atoms with Gasteiger partial charge in [-0.2, -0.15) is 0 Å². The fraction of sp³-hybridized carbons (Fsp3) is 0.267. The third-order valence-corrected chi connectivity index (χ3v) is 3.96. The largest absolute Gasteiger partial charge is 0.478 e. The molecule has 0 aliphatic heterocycles. The van der Waals surface area contributed by atoms with Gasteiger partial charge in [-0.15, -0.1) is 11.3 Å². The molecule has 1 amide bonds. The van der Waals surface area contributed by atoms with E-state index in [0.717, 1.165) is 0 Å². The number of carbonyl (C=O) groups is 2. The van der Waals surface area contributed by atoms with Crippen molar-refractivity contribution < 1.29 is 14.7 Å². The van der Waals surface area contributed by atoms with Gasteiger partial charge in [-0.3, -0.25) is 9.78 Å². The lowest BCUT2D eigenvalue weighted by Crippen LogP contribution is -2.35. The van der Waals surface area contributed by atoms with E-state index < -0.39 is 11.9 Å². The second kappa shape index (κ2) is 6.49. The molecule has 110 valence electrons. The molecule has 2 N–H and O–H groups in total. The van der Waals surface area contributed by atoms with Crippen LogP contribution in [-0.2, 0) is 6.42 Å². The van der Waals surface area contributed by atoms with Crippen LogP contribution in [0.5, 0.6) is 0 Å². The Morgan fingerprint density at radius 3 is 2.76 bits per heavy atom. The smallest absolute Gasteiger partial charge is 0.338 e. The number of carboxylic acid groups (broad SMARTS) is 1. The molecular formula is C15H16N2O3S. The van der Waals surface area contributed by atoms with Gasteiger partial charge < -0.3 is 10.4 Å². The van der Waals surface area contributed by atoms with Gasteiger partial charge in [-0.05, 0) is 38.1 Å². The summed E-state index contributed by atoms with van der Waals surface area (Å²) in [5, 5.41) is 11.9. The zero-order chi connectivity index (χ0) is 15.4. The predicted molar refractivity (Wildman–Crippen MR) is 80.9 cm³/mol. The van der Waals surface area contributed by atoms with Crippen LogP contribution in [0.15, 0.2) is 30.5 Å². The van der Waals surface area contributed by atoms with Crippen LogP contribution in [0.25, 0.3) is 0 Å². The molecule has 6 heteroatoms. The van der Waals surface area contributed by atoms with Gasteiger partial charge in [0.15, 0.2) is 0 Å². The summed E-state index contributed by atoms with van der Waals surface area (Å²) in [5.41, 5.74) is -0.145. The van der Waals surface area contributed by atoms with Crippen LogP contribution in [0.4, 0.5) is 0 Å². The molecule has 0 fully saturated rings. The number of nitrogens with one attached hydrogen (secondary N) is 1. The Hall–Kier alpha value is -2.21. The van der Waals surface area contributed by atoms with Crippen molar-refractivity contribution in [3.05, 3.63) is 51.5 Å². The van der Waals surface area contributed by atoms with Crippen molar-refractivity contribution in [3.63, 3.8) is 0 Å². The maximum absolute atomic E-state index is 12.1. The molecule has 0 saturated heterocycles. The summed E-state index contributed by atoms with van der Waals surface area (Å²) in [5.74, 6) is -1.62. The van der Waals surface area contributed by atoms with Crippen LogP contribution in [0.3, 0.4) is 0 Å². The van der Waals surface area contributed by atoms with E-state index in [9.17, 15) is 9.59 Å². The zero-order valence-corrected chi connectivity index (χ0v) is 12.6. The summed E-state index contributed by atoms with van der Waals surface area (Å²) in [7, 11) is 0. The molecule has 0 aliphatic rings. The molecule has 21 heavy (non-hydrogen) atoms. The van der Waals surface area contributed by atoms with E-state index in [2.05, 4.69) is 10.3 Å². The highest BCUT2D eigenvalue weighted by Crippen LogP contribution is 2.17. The number of rotatable bonds is 5. The van der Waals surface area contributed by atoms with Crippen LogP contribution in [0, 0.1) is 6.92 Å². The third kappa shape index (κ3) is 3.88. The first-order valence-corrected chi connectivity index (χ1v) is 7.33. The highest BCUT2D eigenvalue weighted by atomic mass is 32.1. The quantitative estimate of drug-likeness (QED) is 0.889. The van der Waals surface area contributed by atoms with E-state index in [1.54, 1.807) is 11.3 Å². The maximum atomic E-state index is 12.1. The number of carbonyl (C=O) groups excluding carboxylic acids is 1. The van der Waals surface area contributed by atoms with Crippen molar-refractivity contribution in [1.29, 1.82) is 0 Å². The van der Waals surface area contributed by atoms with E-state index >= 15 is 0 Å². The average molecular weight is 304 g/mol. The number of nitrogens with zero attached hydrogens (tertiary/aromatic N) is 1. The summed E-state index contributed by atoms with van der Waals surface area (Å²) in [6.07, 6.45) is 2.12. The lowest BCUT2D eigenvalue weighted by Gasteiger charge is -2.13. The number of hydrogen-bond acceptors (Lipinski definition) is 4. The Morgan fingerprint density at radius 1 is 1.38 bits per heavy atom. The Bertz CT molecular complexity index is 666. The minimum Gasteiger partial charge on any atom is -0.478 e. The second-order valence-corrected chi connectivity index (χ2v) is 6.17. The summed E-state index contributed by atoms with van der Waals surface area (Å²) in [4.78, 5) is 29.5. The van der Waals surface area contributed by atoms with Crippen molar-refractivity contribution in [1.82, 2.24) is 10.3 Å². The third-order valence-electron chi connectivity index (χ3n) is 2.93. The van der Waals surface area contributed by atoms with Gasteiger partial charge in [0.25, 0.3) is 5.91 Å². The normalized spacial score (nSPS) is 11.9. The molecular weight excluding hydrogens is 288 g/mol. The number of aromatic nitrogens is 1. The van der Waals surface area contributed by atoms with E-state index in [4.69, 9.17) is 5.11 Å². The van der Waals surface area contributed by atoms with Crippen molar-refractivity contribution in [2.75, 3.05) is 0 Å². The van der Waals surface area contributed by atoms with E-state index in [-0.39, 0.29) is 17.3 Å². The number of thiophene rings is 1. The van der Waals surface area contributed by atoms with Gasteiger partial charge in [0.1, 0.15) is 5.69 Å². The number of pyridine rings is 1. The molecule has 0 radical (unpaired) electrons. The molecule has 0 bridgehead atoms. The highest BCUT2D eigenvalue weighted by molar-refractivity contribution is 7.11. The Balaban J connectivity index is 2.06. The average Bonchev–Trinajstić information content (AvgIpc) is 2.83. The number of aromatic carboxylic acids is 1. The van der Waals surface area contributed by atoms with Gasteiger partial charge in [0.2, 0.25) is 0 Å². The Labute approximate surface area is 126 Å². The van der Waals surface area contributed by atoms with Gasteiger partial charge >= 0.3 is 5.97 Å². The summed E-state index contributed by atoms with van der Waals surface area (Å²) in [6, 6.07) is 6.84. The van der Waals surface area contributed by atoms with Gasteiger partial charge in [-0.1, -0.05) is 0 Å². The van der Waals surface area contributed by atoms with Crippen LogP contribution in [0.2, 0.25) is 0 Å². The summed E-state index contributed by atoms with van der Waals surface area (Å²) < 4.78 is 0. The first-order valence-electron chi connectivity index (χ1n) is 6.52. The van der Waals surface area contributed by atoms with Crippen LogP contribution in [-0.4, -0.2) is 28.0 Å². The molecule has 1 atom stereocenters. The fourth-order valence-corrected chi connectivity index (χ4v) is 3.02. The number of hydrogen-bond donors (Lipinski definition) is 2. The lowest BCUT2D eigenvalue weighted by atomic mass is 10.1. The minimum absolute atomic E-state index is 0.0563. The minimum atomic E-state index is -1.16. The Morgan fingerprint density at radius 2 is 2.14 bits per heavy atom. The standard InChI is InChI=1S/C15H16N2O3S/c1-9(8-11-6-5-10(2)21-11)17-14(18)13-12(15(19)20)4-3-7-16-13/h3-7,9H,8H2,1-2H3,(H,17,18)(H,19,20). The van der Waals surface area contributed by atoms with E-state index in [1.807, 2.05) is 26.0 Å². The molecule has 5 nitrogen and oxygen atoms in total. The van der Waals surface area contributed by atoms with Gasteiger partial charge in [0.05, 0.1) is 5.56 Å². The number of amides is 1. The SMILES string of the molecule is Cc1ccc(CC(C)NC(=O)c2ncccc2C(=O)O)s1. The zero-order valence-electron chi connectivity index (χ0n) is 11.8. The van der Waals surface area contributed by atoms with Crippen LogP contribution in [0.1, 0.15) is 37.5 Å². The molecule has 2 aromatic heterocycles. The summed E-state index contributed by atoms with van der Waals surface area (Å²) >= 11 is 1.69. The van der Waals surface area contributed by atoms with Crippen molar-refractivity contribution in [2.45, 2.75) is 26.3 Å². The van der Waals surface area contributed by atoms with Gasteiger partial charge in [0, 0.05) is 28.4 Å². The molecule has 0 aliphatic carbocycles. The molecule has 2 heterocycles. The second-order valence-electron chi connectivity index (χ2n) is 4.80.